The first-order valence-corrected chi connectivity index (χ1v) is 13.2. The van der Waals surface area contributed by atoms with E-state index < -0.39 is 17.7 Å². The summed E-state index contributed by atoms with van der Waals surface area (Å²) in [5, 5.41) is 4.07. The van der Waals surface area contributed by atoms with Crippen molar-refractivity contribution in [1.82, 2.24) is 10.1 Å². The SMILES string of the molecule is Cc1noc(-c2ccc(OC3CCCC(F)(C(=O)OC(C)C)C3)cc2)c1COC(=O)N(C)C1CCCC1. The standard InChI is InChI=1S/C28H37FN2O6/c1-18(2)35-26(32)28(29)15-7-10-23(16-28)36-22-13-11-20(12-14-22)25-24(19(3)30-37-25)17-34-27(33)31(4)21-8-5-6-9-21/h11-14,18,21,23H,5-10,15-17H2,1-4H3. The monoisotopic (exact) mass is 516 g/mol. The fourth-order valence-electron chi connectivity index (χ4n) is 5.12. The molecule has 0 spiro atoms. The number of benzene rings is 1. The number of aromatic nitrogens is 1. The molecule has 2 aromatic rings. The molecule has 2 atom stereocenters. The van der Waals surface area contributed by atoms with Gasteiger partial charge < -0.3 is 23.6 Å². The van der Waals surface area contributed by atoms with Gasteiger partial charge >= 0.3 is 12.1 Å². The molecule has 0 radical (unpaired) electrons. The van der Waals surface area contributed by atoms with Gasteiger partial charge in [-0.3, -0.25) is 0 Å². The van der Waals surface area contributed by atoms with Crippen molar-refractivity contribution < 1.29 is 32.7 Å². The summed E-state index contributed by atoms with van der Waals surface area (Å²) in [6, 6.07) is 7.43. The Bertz CT molecular complexity index is 1080. The van der Waals surface area contributed by atoms with E-state index in [1.54, 1.807) is 37.9 Å². The Balaban J connectivity index is 1.37. The van der Waals surface area contributed by atoms with Crippen molar-refractivity contribution in [3.05, 3.63) is 35.5 Å². The van der Waals surface area contributed by atoms with Crippen LogP contribution in [-0.2, 0) is 20.9 Å². The van der Waals surface area contributed by atoms with Gasteiger partial charge in [0.2, 0.25) is 5.67 Å². The van der Waals surface area contributed by atoms with Gasteiger partial charge in [0, 0.05) is 25.1 Å². The van der Waals surface area contributed by atoms with E-state index in [1.165, 1.54) is 0 Å². The van der Waals surface area contributed by atoms with Crippen LogP contribution >= 0.6 is 0 Å². The Labute approximate surface area is 217 Å². The van der Waals surface area contributed by atoms with E-state index in [1.807, 2.05) is 19.1 Å². The van der Waals surface area contributed by atoms with E-state index in [0.717, 1.165) is 31.2 Å². The molecule has 0 aliphatic heterocycles. The third-order valence-electron chi connectivity index (χ3n) is 7.26. The highest BCUT2D eigenvalue weighted by Crippen LogP contribution is 2.36. The van der Waals surface area contributed by atoms with Crippen LogP contribution in [0.3, 0.4) is 0 Å². The number of ether oxygens (including phenoxy) is 3. The van der Waals surface area contributed by atoms with Gasteiger partial charge in [0.25, 0.3) is 0 Å². The number of rotatable bonds is 8. The summed E-state index contributed by atoms with van der Waals surface area (Å²) in [6.07, 6.45) is 4.46. The summed E-state index contributed by atoms with van der Waals surface area (Å²) in [6.45, 7) is 5.29. The lowest BCUT2D eigenvalue weighted by Crippen LogP contribution is -2.44. The van der Waals surface area contributed by atoms with Crippen LogP contribution in [0.2, 0.25) is 0 Å². The highest BCUT2D eigenvalue weighted by atomic mass is 19.1. The van der Waals surface area contributed by atoms with Gasteiger partial charge in [-0.1, -0.05) is 18.0 Å². The van der Waals surface area contributed by atoms with Crippen LogP contribution in [0.1, 0.15) is 76.5 Å². The van der Waals surface area contributed by atoms with E-state index >= 15 is 4.39 Å². The predicted molar refractivity (Wildman–Crippen MR) is 135 cm³/mol. The molecule has 0 saturated heterocycles. The molecule has 37 heavy (non-hydrogen) atoms. The summed E-state index contributed by atoms with van der Waals surface area (Å²) >= 11 is 0. The third kappa shape index (κ3) is 6.43. The molecule has 9 heteroatoms. The van der Waals surface area contributed by atoms with Gasteiger partial charge in [-0.15, -0.1) is 0 Å². The molecule has 2 saturated carbocycles. The smallest absolute Gasteiger partial charge is 0.410 e. The molecule has 8 nitrogen and oxygen atoms in total. The molecule has 0 N–H and O–H groups in total. The van der Waals surface area contributed by atoms with Crippen molar-refractivity contribution in [3.63, 3.8) is 0 Å². The number of hydrogen-bond acceptors (Lipinski definition) is 7. The van der Waals surface area contributed by atoms with Crippen molar-refractivity contribution in [2.24, 2.45) is 0 Å². The highest BCUT2D eigenvalue weighted by Gasteiger charge is 2.45. The van der Waals surface area contributed by atoms with E-state index in [9.17, 15) is 9.59 Å². The summed E-state index contributed by atoms with van der Waals surface area (Å²) in [7, 11) is 1.78. The molecule has 2 aliphatic carbocycles. The number of halogens is 1. The molecule has 0 bridgehead atoms. The topological polar surface area (TPSA) is 91.1 Å². The second-order valence-electron chi connectivity index (χ2n) is 10.5. The van der Waals surface area contributed by atoms with Crippen molar-refractivity contribution >= 4 is 12.1 Å². The van der Waals surface area contributed by atoms with Crippen LogP contribution in [0.25, 0.3) is 11.3 Å². The number of aryl methyl sites for hydroxylation is 1. The minimum absolute atomic E-state index is 0.0353. The van der Waals surface area contributed by atoms with Gasteiger partial charge in [-0.05, 0) is 77.1 Å². The molecule has 4 rings (SSSR count). The molecule has 1 heterocycles. The quantitative estimate of drug-likeness (QED) is 0.389. The van der Waals surface area contributed by atoms with Crippen molar-refractivity contribution in [2.75, 3.05) is 7.05 Å². The van der Waals surface area contributed by atoms with Gasteiger partial charge in [0.1, 0.15) is 18.5 Å². The van der Waals surface area contributed by atoms with Gasteiger partial charge in [0.15, 0.2) is 5.76 Å². The number of carbonyl (C=O) groups is 2. The lowest BCUT2D eigenvalue weighted by atomic mass is 9.84. The molecular formula is C28H37FN2O6. The minimum atomic E-state index is -2.03. The van der Waals surface area contributed by atoms with E-state index in [-0.39, 0.29) is 37.7 Å². The molecule has 1 amide bonds. The van der Waals surface area contributed by atoms with Crippen LogP contribution in [0.15, 0.2) is 28.8 Å². The molecule has 1 aromatic heterocycles. The van der Waals surface area contributed by atoms with Crippen LogP contribution in [0.5, 0.6) is 5.75 Å². The maximum absolute atomic E-state index is 15.3. The van der Waals surface area contributed by atoms with E-state index in [4.69, 9.17) is 18.7 Å². The summed E-state index contributed by atoms with van der Waals surface area (Å²) in [5.74, 6) is 0.282. The molecule has 2 fully saturated rings. The van der Waals surface area contributed by atoms with E-state index in [2.05, 4.69) is 5.16 Å². The molecule has 1 aromatic carbocycles. The lowest BCUT2D eigenvalue weighted by Gasteiger charge is -2.33. The number of amides is 1. The molecule has 202 valence electrons. The lowest BCUT2D eigenvalue weighted by molar-refractivity contribution is -0.166. The fourth-order valence-corrected chi connectivity index (χ4v) is 5.12. The zero-order chi connectivity index (χ0) is 26.6. The van der Waals surface area contributed by atoms with Crippen LogP contribution in [0, 0.1) is 6.92 Å². The predicted octanol–water partition coefficient (Wildman–Crippen LogP) is 6.14. The summed E-state index contributed by atoms with van der Waals surface area (Å²) in [5.41, 5.74) is 0.0939. The Morgan fingerprint density at radius 3 is 2.54 bits per heavy atom. The maximum Gasteiger partial charge on any atom is 0.410 e. The van der Waals surface area contributed by atoms with Crippen LogP contribution in [0.4, 0.5) is 9.18 Å². The second-order valence-corrected chi connectivity index (χ2v) is 10.5. The number of carbonyl (C=O) groups excluding carboxylic acids is 2. The number of nitrogens with zero attached hydrogens (tertiary/aromatic N) is 2. The Morgan fingerprint density at radius 1 is 1.16 bits per heavy atom. The molecular weight excluding hydrogens is 479 g/mol. The van der Waals surface area contributed by atoms with Gasteiger partial charge in [0.05, 0.1) is 17.4 Å². The van der Waals surface area contributed by atoms with Crippen molar-refractivity contribution in [1.29, 1.82) is 0 Å². The van der Waals surface area contributed by atoms with Gasteiger partial charge in [-0.25, -0.2) is 14.0 Å². The number of alkyl halides is 1. The van der Waals surface area contributed by atoms with Crippen molar-refractivity contribution in [3.8, 4) is 17.1 Å². The molecule has 2 aliphatic rings. The van der Waals surface area contributed by atoms with Crippen LogP contribution < -0.4 is 4.74 Å². The highest BCUT2D eigenvalue weighted by molar-refractivity contribution is 5.79. The van der Waals surface area contributed by atoms with Crippen LogP contribution in [-0.4, -0.2) is 53.1 Å². The van der Waals surface area contributed by atoms with Crippen molar-refractivity contribution in [2.45, 2.75) is 103 Å². The normalized spacial score (nSPS) is 22.2. The molecule has 2 unspecified atom stereocenters. The fraction of sp³-hybridized carbons (Fsp3) is 0.607. The minimum Gasteiger partial charge on any atom is -0.490 e. The second kappa shape index (κ2) is 11.5. The first-order valence-electron chi connectivity index (χ1n) is 13.2. The number of hydrogen-bond donors (Lipinski definition) is 0. The number of esters is 1. The van der Waals surface area contributed by atoms with Gasteiger partial charge in [-0.2, -0.15) is 0 Å². The summed E-state index contributed by atoms with van der Waals surface area (Å²) < 4.78 is 37.5. The average molecular weight is 517 g/mol. The third-order valence-corrected chi connectivity index (χ3v) is 7.26. The first kappa shape index (κ1) is 26.9. The first-order chi connectivity index (χ1) is 17.7. The Morgan fingerprint density at radius 2 is 1.86 bits per heavy atom. The van der Waals surface area contributed by atoms with E-state index in [0.29, 0.717) is 35.6 Å². The maximum atomic E-state index is 15.3. The Hall–Kier alpha value is -3.10. The zero-order valence-corrected chi connectivity index (χ0v) is 22.1. The summed E-state index contributed by atoms with van der Waals surface area (Å²) in [4.78, 5) is 26.5. The average Bonchev–Trinajstić information content (AvgIpc) is 3.52. The Kier molecular flexibility index (Phi) is 8.39. The zero-order valence-electron chi connectivity index (χ0n) is 22.1. The largest absolute Gasteiger partial charge is 0.490 e.